The van der Waals surface area contributed by atoms with Crippen molar-refractivity contribution in [1.82, 2.24) is 0 Å². The molecular weight excluding hydrogens is 172 g/mol. The summed E-state index contributed by atoms with van der Waals surface area (Å²) in [6.07, 6.45) is 4.41. The number of rotatable bonds is 4. The van der Waals surface area contributed by atoms with Gasteiger partial charge >= 0.3 is 0 Å². The molecule has 0 radical (unpaired) electrons. The summed E-state index contributed by atoms with van der Waals surface area (Å²) in [5, 5.41) is 9.17. The van der Waals surface area contributed by atoms with E-state index in [-0.39, 0.29) is 6.10 Å². The van der Waals surface area contributed by atoms with Gasteiger partial charge in [-0.1, -0.05) is 24.3 Å². The zero-order valence-electron chi connectivity index (χ0n) is 8.74. The highest BCUT2D eigenvalue weighted by Gasteiger charge is 2.22. The molecule has 1 aliphatic carbocycles. The van der Waals surface area contributed by atoms with Gasteiger partial charge < -0.3 is 5.11 Å². The molecule has 0 aromatic heterocycles. The van der Waals surface area contributed by atoms with Crippen molar-refractivity contribution in [2.45, 2.75) is 44.6 Å². The molecule has 0 aliphatic heterocycles. The highest BCUT2D eigenvalue weighted by Crippen LogP contribution is 2.39. The van der Waals surface area contributed by atoms with E-state index in [4.69, 9.17) is 5.11 Å². The molecule has 0 heterocycles. The first-order chi connectivity index (χ1) is 6.75. The van der Waals surface area contributed by atoms with E-state index in [2.05, 4.69) is 24.3 Å². The molecule has 1 unspecified atom stereocenters. The van der Waals surface area contributed by atoms with E-state index in [1.807, 2.05) is 6.92 Å². The first-order valence-electron chi connectivity index (χ1n) is 5.52. The highest BCUT2D eigenvalue weighted by molar-refractivity contribution is 5.28. The maximum Gasteiger partial charge on any atom is 0.0515 e. The minimum absolute atomic E-state index is 0.182. The second-order valence-corrected chi connectivity index (χ2v) is 4.40. The summed E-state index contributed by atoms with van der Waals surface area (Å²) in [4.78, 5) is 0. The zero-order chi connectivity index (χ0) is 9.97. The standard InChI is InChI=1S/C13H18O/c1-10(14)2-3-11-4-6-12(7-5-11)13-8-9-13/h4-7,10,13-14H,2-3,8-9H2,1H3. The summed E-state index contributed by atoms with van der Waals surface area (Å²) in [7, 11) is 0. The van der Waals surface area contributed by atoms with E-state index >= 15 is 0 Å². The van der Waals surface area contributed by atoms with Gasteiger partial charge in [-0.05, 0) is 49.7 Å². The topological polar surface area (TPSA) is 20.2 Å². The highest BCUT2D eigenvalue weighted by atomic mass is 16.3. The predicted molar refractivity (Wildman–Crippen MR) is 58.4 cm³/mol. The average molecular weight is 190 g/mol. The summed E-state index contributed by atoms with van der Waals surface area (Å²) in [5.41, 5.74) is 2.83. The van der Waals surface area contributed by atoms with Crippen LogP contribution >= 0.6 is 0 Å². The molecule has 2 rings (SSSR count). The van der Waals surface area contributed by atoms with Gasteiger partial charge in [-0.2, -0.15) is 0 Å². The first kappa shape index (κ1) is 9.72. The van der Waals surface area contributed by atoms with Crippen molar-refractivity contribution in [2.75, 3.05) is 0 Å². The molecule has 1 nitrogen and oxygen atoms in total. The molecule has 1 atom stereocenters. The minimum atomic E-state index is -0.182. The van der Waals surface area contributed by atoms with Crippen LogP contribution < -0.4 is 0 Å². The van der Waals surface area contributed by atoms with Gasteiger partial charge in [0.1, 0.15) is 0 Å². The molecule has 0 bridgehead atoms. The Hall–Kier alpha value is -0.820. The SMILES string of the molecule is CC(O)CCc1ccc(C2CC2)cc1. The molecule has 1 fully saturated rings. The van der Waals surface area contributed by atoms with E-state index in [1.165, 1.54) is 24.0 Å². The Morgan fingerprint density at radius 1 is 1.29 bits per heavy atom. The third-order valence-electron chi connectivity index (χ3n) is 2.88. The van der Waals surface area contributed by atoms with Gasteiger partial charge in [-0.25, -0.2) is 0 Å². The van der Waals surface area contributed by atoms with E-state index < -0.39 is 0 Å². The van der Waals surface area contributed by atoms with Gasteiger partial charge in [0.2, 0.25) is 0 Å². The van der Waals surface area contributed by atoms with Gasteiger partial charge in [0.05, 0.1) is 6.10 Å². The molecule has 0 amide bonds. The molecule has 1 aromatic rings. The van der Waals surface area contributed by atoms with Crippen LogP contribution in [0.3, 0.4) is 0 Å². The summed E-state index contributed by atoms with van der Waals surface area (Å²) in [6.45, 7) is 1.85. The Balaban J connectivity index is 1.92. The van der Waals surface area contributed by atoms with Crippen LogP contribution in [0.1, 0.15) is 43.2 Å². The summed E-state index contributed by atoms with van der Waals surface area (Å²) < 4.78 is 0. The normalized spacial score (nSPS) is 18.1. The molecule has 14 heavy (non-hydrogen) atoms. The van der Waals surface area contributed by atoms with Crippen molar-refractivity contribution in [1.29, 1.82) is 0 Å². The van der Waals surface area contributed by atoms with Crippen molar-refractivity contribution in [3.63, 3.8) is 0 Å². The van der Waals surface area contributed by atoms with Crippen molar-refractivity contribution in [3.05, 3.63) is 35.4 Å². The number of hydrogen-bond acceptors (Lipinski definition) is 1. The van der Waals surface area contributed by atoms with Crippen molar-refractivity contribution >= 4 is 0 Å². The molecule has 1 N–H and O–H groups in total. The zero-order valence-corrected chi connectivity index (χ0v) is 8.74. The van der Waals surface area contributed by atoms with E-state index in [9.17, 15) is 0 Å². The second kappa shape index (κ2) is 4.14. The molecule has 76 valence electrons. The fraction of sp³-hybridized carbons (Fsp3) is 0.538. The second-order valence-electron chi connectivity index (χ2n) is 4.40. The Bertz CT molecular complexity index is 283. The monoisotopic (exact) mass is 190 g/mol. The summed E-state index contributed by atoms with van der Waals surface area (Å²) in [5.74, 6) is 0.848. The lowest BCUT2D eigenvalue weighted by molar-refractivity contribution is 0.185. The predicted octanol–water partition coefficient (Wildman–Crippen LogP) is 2.88. The maximum atomic E-state index is 9.17. The van der Waals surface area contributed by atoms with Gasteiger partial charge in [0, 0.05) is 0 Å². The molecule has 1 aromatic carbocycles. The van der Waals surface area contributed by atoms with E-state index in [1.54, 1.807) is 0 Å². The van der Waals surface area contributed by atoms with Crippen LogP contribution in [0.5, 0.6) is 0 Å². The lowest BCUT2D eigenvalue weighted by Crippen LogP contribution is -2.01. The number of aryl methyl sites for hydroxylation is 1. The van der Waals surface area contributed by atoms with E-state index in [0.717, 1.165) is 18.8 Å². The smallest absolute Gasteiger partial charge is 0.0515 e. The quantitative estimate of drug-likeness (QED) is 0.774. The summed E-state index contributed by atoms with van der Waals surface area (Å²) >= 11 is 0. The van der Waals surface area contributed by atoms with Crippen molar-refractivity contribution in [3.8, 4) is 0 Å². The van der Waals surface area contributed by atoms with Crippen LogP contribution in [-0.2, 0) is 6.42 Å². The van der Waals surface area contributed by atoms with Gasteiger partial charge in [0.25, 0.3) is 0 Å². The number of benzene rings is 1. The fourth-order valence-corrected chi connectivity index (χ4v) is 1.75. The van der Waals surface area contributed by atoms with E-state index in [0.29, 0.717) is 0 Å². The Kier molecular flexibility index (Phi) is 2.87. The fourth-order valence-electron chi connectivity index (χ4n) is 1.75. The van der Waals surface area contributed by atoms with Gasteiger partial charge in [-0.3, -0.25) is 0 Å². The third-order valence-corrected chi connectivity index (χ3v) is 2.88. The molecule has 0 saturated heterocycles. The Morgan fingerprint density at radius 3 is 2.43 bits per heavy atom. The Labute approximate surface area is 85.8 Å². The molecular formula is C13H18O. The lowest BCUT2D eigenvalue weighted by atomic mass is 10.0. The minimum Gasteiger partial charge on any atom is -0.393 e. The van der Waals surface area contributed by atoms with Crippen LogP contribution in [0.25, 0.3) is 0 Å². The first-order valence-corrected chi connectivity index (χ1v) is 5.52. The molecule has 1 saturated carbocycles. The number of aliphatic hydroxyl groups is 1. The molecule has 1 aliphatic rings. The third kappa shape index (κ3) is 2.58. The van der Waals surface area contributed by atoms with Crippen LogP contribution in [-0.4, -0.2) is 11.2 Å². The number of aliphatic hydroxyl groups excluding tert-OH is 1. The molecule has 0 spiro atoms. The lowest BCUT2D eigenvalue weighted by Gasteiger charge is -2.05. The van der Waals surface area contributed by atoms with Crippen LogP contribution in [0.15, 0.2) is 24.3 Å². The summed E-state index contributed by atoms with van der Waals surface area (Å²) in [6, 6.07) is 8.90. The van der Waals surface area contributed by atoms with Crippen LogP contribution in [0.2, 0.25) is 0 Å². The van der Waals surface area contributed by atoms with Crippen molar-refractivity contribution in [2.24, 2.45) is 0 Å². The average Bonchev–Trinajstić information content (AvgIpc) is 2.99. The van der Waals surface area contributed by atoms with Gasteiger partial charge in [0.15, 0.2) is 0 Å². The maximum absolute atomic E-state index is 9.17. The van der Waals surface area contributed by atoms with Crippen molar-refractivity contribution < 1.29 is 5.11 Å². The number of hydrogen-bond donors (Lipinski definition) is 1. The molecule has 1 heteroatoms. The largest absolute Gasteiger partial charge is 0.393 e. The van der Waals surface area contributed by atoms with Crippen LogP contribution in [0, 0.1) is 0 Å². The van der Waals surface area contributed by atoms with Crippen LogP contribution in [0.4, 0.5) is 0 Å². The van der Waals surface area contributed by atoms with Gasteiger partial charge in [-0.15, -0.1) is 0 Å². The Morgan fingerprint density at radius 2 is 1.93 bits per heavy atom.